The van der Waals surface area contributed by atoms with E-state index < -0.39 is 0 Å². The van der Waals surface area contributed by atoms with Crippen LogP contribution in [-0.4, -0.2) is 14.9 Å². The Bertz CT molecular complexity index is 484. The highest BCUT2D eigenvalue weighted by Gasteiger charge is 2.04. The standard InChI is InChI=1S/C10H8BrClN2O/c11-9-3-7(6-15)1-2-10(9)14-5-8(12)4-13-14/h1-5,15H,6H2. The van der Waals surface area contributed by atoms with E-state index in [1.165, 1.54) is 0 Å². The number of aromatic nitrogens is 2. The van der Waals surface area contributed by atoms with Gasteiger partial charge in [0.15, 0.2) is 0 Å². The molecule has 1 aromatic heterocycles. The number of hydrogen-bond acceptors (Lipinski definition) is 2. The monoisotopic (exact) mass is 286 g/mol. The molecule has 0 atom stereocenters. The predicted molar refractivity (Wildman–Crippen MR) is 62.2 cm³/mol. The quantitative estimate of drug-likeness (QED) is 0.922. The van der Waals surface area contributed by atoms with Gasteiger partial charge in [-0.2, -0.15) is 5.10 Å². The Morgan fingerprint density at radius 2 is 2.27 bits per heavy atom. The molecule has 2 rings (SSSR count). The number of aliphatic hydroxyl groups is 1. The molecule has 0 spiro atoms. The fourth-order valence-electron chi connectivity index (χ4n) is 1.27. The van der Waals surface area contributed by atoms with Crippen LogP contribution in [0.1, 0.15) is 5.56 Å². The first kappa shape index (κ1) is 10.7. The van der Waals surface area contributed by atoms with E-state index in [4.69, 9.17) is 16.7 Å². The van der Waals surface area contributed by atoms with Gasteiger partial charge in [-0.15, -0.1) is 0 Å². The van der Waals surface area contributed by atoms with Crippen LogP contribution in [-0.2, 0) is 6.61 Å². The average Bonchev–Trinajstić information content (AvgIpc) is 2.64. The Morgan fingerprint density at radius 3 is 2.80 bits per heavy atom. The first-order valence-electron chi connectivity index (χ1n) is 4.30. The minimum Gasteiger partial charge on any atom is -0.392 e. The summed E-state index contributed by atoms with van der Waals surface area (Å²) in [7, 11) is 0. The zero-order chi connectivity index (χ0) is 10.8. The topological polar surface area (TPSA) is 38.0 Å². The van der Waals surface area contributed by atoms with E-state index in [0.717, 1.165) is 15.7 Å². The predicted octanol–water partition coefficient (Wildman–Crippen LogP) is 2.78. The van der Waals surface area contributed by atoms with Gasteiger partial charge in [-0.05, 0) is 33.6 Å². The lowest BCUT2D eigenvalue weighted by Gasteiger charge is -2.05. The Hall–Kier alpha value is -0.840. The number of aliphatic hydroxyl groups excluding tert-OH is 1. The summed E-state index contributed by atoms with van der Waals surface area (Å²) in [6.07, 6.45) is 3.30. The molecule has 0 aliphatic carbocycles. The van der Waals surface area contributed by atoms with Crippen LogP contribution in [0.5, 0.6) is 0 Å². The van der Waals surface area contributed by atoms with Crippen LogP contribution in [0.4, 0.5) is 0 Å². The van der Waals surface area contributed by atoms with Crippen LogP contribution < -0.4 is 0 Å². The first-order chi connectivity index (χ1) is 7.20. The van der Waals surface area contributed by atoms with E-state index >= 15 is 0 Å². The summed E-state index contributed by atoms with van der Waals surface area (Å²) in [5, 5.41) is 13.6. The summed E-state index contributed by atoms with van der Waals surface area (Å²) in [6, 6.07) is 5.57. The van der Waals surface area contributed by atoms with Gasteiger partial charge in [0.2, 0.25) is 0 Å². The third-order valence-electron chi connectivity index (χ3n) is 1.99. The van der Waals surface area contributed by atoms with Crippen LogP contribution in [0.15, 0.2) is 35.1 Å². The van der Waals surface area contributed by atoms with E-state index in [-0.39, 0.29) is 6.61 Å². The molecule has 1 aromatic carbocycles. The van der Waals surface area contributed by atoms with Gasteiger partial charge in [0.1, 0.15) is 0 Å². The van der Waals surface area contributed by atoms with Crippen molar-refractivity contribution in [1.82, 2.24) is 9.78 Å². The van der Waals surface area contributed by atoms with Crippen molar-refractivity contribution in [3.05, 3.63) is 45.7 Å². The van der Waals surface area contributed by atoms with Crippen molar-refractivity contribution < 1.29 is 5.11 Å². The Kier molecular flexibility index (Phi) is 3.09. The van der Waals surface area contributed by atoms with Gasteiger partial charge < -0.3 is 5.11 Å². The summed E-state index contributed by atoms with van der Waals surface area (Å²) in [4.78, 5) is 0. The molecule has 1 heterocycles. The number of benzene rings is 1. The molecule has 15 heavy (non-hydrogen) atoms. The molecule has 0 amide bonds. The third kappa shape index (κ3) is 2.22. The van der Waals surface area contributed by atoms with Gasteiger partial charge in [0.05, 0.1) is 23.5 Å². The first-order valence-corrected chi connectivity index (χ1v) is 5.47. The number of halogens is 2. The summed E-state index contributed by atoms with van der Waals surface area (Å²) in [5.41, 5.74) is 1.74. The fraction of sp³-hybridized carbons (Fsp3) is 0.100. The van der Waals surface area contributed by atoms with Crippen molar-refractivity contribution in [3.8, 4) is 5.69 Å². The molecule has 5 heteroatoms. The van der Waals surface area contributed by atoms with Gasteiger partial charge >= 0.3 is 0 Å². The van der Waals surface area contributed by atoms with Crippen molar-refractivity contribution in [2.24, 2.45) is 0 Å². The van der Waals surface area contributed by atoms with Crippen LogP contribution in [0, 0.1) is 0 Å². The number of nitrogens with zero attached hydrogens (tertiary/aromatic N) is 2. The lowest BCUT2D eigenvalue weighted by Crippen LogP contribution is -1.96. The Balaban J connectivity index is 2.45. The van der Waals surface area contributed by atoms with Crippen LogP contribution >= 0.6 is 27.5 Å². The van der Waals surface area contributed by atoms with Gasteiger partial charge in [-0.3, -0.25) is 0 Å². The Morgan fingerprint density at radius 1 is 1.47 bits per heavy atom. The van der Waals surface area contributed by atoms with E-state index in [1.807, 2.05) is 18.2 Å². The Labute approximate surface area is 100 Å². The maximum Gasteiger partial charge on any atom is 0.0790 e. The third-order valence-corrected chi connectivity index (χ3v) is 2.82. The van der Waals surface area contributed by atoms with E-state index in [1.54, 1.807) is 17.1 Å². The molecule has 78 valence electrons. The molecule has 0 aliphatic heterocycles. The second-order valence-electron chi connectivity index (χ2n) is 3.05. The van der Waals surface area contributed by atoms with Gasteiger partial charge in [0.25, 0.3) is 0 Å². The molecule has 1 N–H and O–H groups in total. The maximum atomic E-state index is 8.96. The molecule has 0 aliphatic rings. The number of hydrogen-bond donors (Lipinski definition) is 1. The van der Waals surface area contributed by atoms with Gasteiger partial charge in [-0.25, -0.2) is 4.68 Å². The lowest BCUT2D eigenvalue weighted by molar-refractivity contribution is 0.282. The van der Waals surface area contributed by atoms with E-state index in [9.17, 15) is 0 Å². The highest BCUT2D eigenvalue weighted by atomic mass is 79.9. The molecule has 0 saturated carbocycles. The van der Waals surface area contributed by atoms with Crippen molar-refractivity contribution in [3.63, 3.8) is 0 Å². The van der Waals surface area contributed by atoms with Gasteiger partial charge in [0, 0.05) is 10.7 Å². The second-order valence-corrected chi connectivity index (χ2v) is 4.34. The zero-order valence-electron chi connectivity index (χ0n) is 7.69. The van der Waals surface area contributed by atoms with Crippen molar-refractivity contribution >= 4 is 27.5 Å². The van der Waals surface area contributed by atoms with E-state index in [2.05, 4.69) is 21.0 Å². The summed E-state index contributed by atoms with van der Waals surface area (Å²) in [6.45, 7) is 0.0265. The normalized spacial score (nSPS) is 10.6. The zero-order valence-corrected chi connectivity index (χ0v) is 10.0. The largest absolute Gasteiger partial charge is 0.392 e. The van der Waals surface area contributed by atoms with Crippen LogP contribution in [0.2, 0.25) is 5.02 Å². The molecular formula is C10H8BrClN2O. The van der Waals surface area contributed by atoms with Gasteiger partial charge in [-0.1, -0.05) is 17.7 Å². The minimum absolute atomic E-state index is 0.0265. The summed E-state index contributed by atoms with van der Waals surface area (Å²) >= 11 is 9.20. The molecule has 0 saturated heterocycles. The minimum atomic E-state index is 0.0265. The van der Waals surface area contributed by atoms with Crippen molar-refractivity contribution in [2.75, 3.05) is 0 Å². The number of rotatable bonds is 2. The molecular weight excluding hydrogens is 279 g/mol. The molecule has 0 radical (unpaired) electrons. The molecule has 2 aromatic rings. The summed E-state index contributed by atoms with van der Waals surface area (Å²) < 4.78 is 2.54. The molecule has 0 bridgehead atoms. The highest BCUT2D eigenvalue weighted by molar-refractivity contribution is 9.10. The van der Waals surface area contributed by atoms with E-state index in [0.29, 0.717) is 5.02 Å². The SMILES string of the molecule is OCc1ccc(-n2cc(Cl)cn2)c(Br)c1. The smallest absolute Gasteiger partial charge is 0.0790 e. The second kappa shape index (κ2) is 4.35. The van der Waals surface area contributed by atoms with Crippen LogP contribution in [0.3, 0.4) is 0 Å². The molecule has 0 unspecified atom stereocenters. The lowest BCUT2D eigenvalue weighted by atomic mass is 10.2. The van der Waals surface area contributed by atoms with Crippen LogP contribution in [0.25, 0.3) is 5.69 Å². The maximum absolute atomic E-state index is 8.96. The molecule has 3 nitrogen and oxygen atoms in total. The van der Waals surface area contributed by atoms with Crippen molar-refractivity contribution in [1.29, 1.82) is 0 Å². The fourth-order valence-corrected chi connectivity index (χ4v) is 2.01. The van der Waals surface area contributed by atoms with Crippen molar-refractivity contribution in [2.45, 2.75) is 6.61 Å². The summed E-state index contributed by atoms with van der Waals surface area (Å²) in [5.74, 6) is 0. The highest BCUT2D eigenvalue weighted by Crippen LogP contribution is 2.23. The average molecular weight is 288 g/mol. The molecule has 0 fully saturated rings.